The predicted molar refractivity (Wildman–Crippen MR) is 125 cm³/mol. The van der Waals surface area contributed by atoms with Crippen molar-refractivity contribution >= 4 is 17.5 Å². The molecular formula is C26H25N5O2. The first-order chi connectivity index (χ1) is 16.0. The van der Waals surface area contributed by atoms with E-state index in [2.05, 4.69) is 20.6 Å². The molecule has 33 heavy (non-hydrogen) atoms. The van der Waals surface area contributed by atoms with Gasteiger partial charge in [0.25, 0.3) is 11.8 Å². The summed E-state index contributed by atoms with van der Waals surface area (Å²) in [6, 6.07) is 13.4. The average molecular weight is 440 g/mol. The lowest BCUT2D eigenvalue weighted by Gasteiger charge is -2.14. The molecule has 0 saturated carbocycles. The highest BCUT2D eigenvalue weighted by Gasteiger charge is 2.26. The third-order valence-corrected chi connectivity index (χ3v) is 6.21. The Morgan fingerprint density at radius 2 is 1.97 bits per heavy atom. The molecule has 2 amide bonds. The van der Waals surface area contributed by atoms with Crippen molar-refractivity contribution < 1.29 is 9.59 Å². The number of aromatic nitrogens is 3. The van der Waals surface area contributed by atoms with Crippen LogP contribution in [0.1, 0.15) is 61.3 Å². The van der Waals surface area contributed by atoms with E-state index in [9.17, 15) is 9.59 Å². The summed E-state index contributed by atoms with van der Waals surface area (Å²) >= 11 is 0. The Bertz CT molecular complexity index is 1370. The van der Waals surface area contributed by atoms with Crippen LogP contribution in [0.15, 0.2) is 61.1 Å². The van der Waals surface area contributed by atoms with Crippen molar-refractivity contribution in [3.63, 3.8) is 0 Å². The highest BCUT2D eigenvalue weighted by molar-refractivity contribution is 5.95. The summed E-state index contributed by atoms with van der Waals surface area (Å²) < 4.78 is 1.82. The zero-order valence-electron chi connectivity index (χ0n) is 18.6. The number of nitrogens with zero attached hydrogens (tertiary/aromatic N) is 3. The Labute approximate surface area is 191 Å². The number of benzene rings is 1. The molecule has 4 aromatic rings. The number of pyridine rings is 2. The fourth-order valence-electron chi connectivity index (χ4n) is 4.37. The number of nitrogens with one attached hydrogen (secondary N) is 2. The Morgan fingerprint density at radius 1 is 1.09 bits per heavy atom. The first kappa shape index (κ1) is 20.9. The zero-order valence-corrected chi connectivity index (χ0v) is 18.6. The van der Waals surface area contributed by atoms with Crippen molar-refractivity contribution in [3.8, 4) is 0 Å². The molecule has 2 N–H and O–H groups in total. The van der Waals surface area contributed by atoms with Gasteiger partial charge in [-0.25, -0.2) is 4.98 Å². The number of carbonyl (C=O) groups is 2. The fraction of sp³-hybridized carbons (Fsp3) is 0.231. The minimum Gasteiger partial charge on any atom is -0.346 e. The van der Waals surface area contributed by atoms with E-state index >= 15 is 0 Å². The number of imidazole rings is 1. The van der Waals surface area contributed by atoms with E-state index in [0.717, 1.165) is 46.4 Å². The quantitative estimate of drug-likeness (QED) is 0.496. The van der Waals surface area contributed by atoms with E-state index in [-0.39, 0.29) is 17.9 Å². The number of hydrogen-bond donors (Lipinski definition) is 2. The minimum atomic E-state index is -0.154. The molecule has 0 unspecified atom stereocenters. The normalized spacial score (nSPS) is 14.8. The number of hydrogen-bond acceptors (Lipinski definition) is 4. The first-order valence-corrected chi connectivity index (χ1v) is 11.1. The molecule has 1 aromatic carbocycles. The third kappa shape index (κ3) is 4.09. The molecule has 3 heterocycles. The standard InChI is InChI=1S/C26H25N5O2/c1-16-5-10-24-28-14-23(31(24)15-16)26(33)30-21-9-7-18-12-19(6-8-20(18)21)25(32)29-13-22-17(2)4-3-11-27-22/h3-6,8,10-12,14-15,21H,7,9,13H2,1-2H3,(H,29,32)(H,30,33)/t21-/m1/s1. The molecule has 0 bridgehead atoms. The molecule has 1 aliphatic rings. The molecular weight excluding hydrogens is 414 g/mol. The lowest BCUT2D eigenvalue weighted by Crippen LogP contribution is -2.28. The number of rotatable bonds is 5. The first-order valence-electron chi connectivity index (χ1n) is 11.1. The summed E-state index contributed by atoms with van der Waals surface area (Å²) in [6.07, 6.45) is 6.86. The number of aryl methyl sites for hydroxylation is 3. The molecule has 0 spiro atoms. The van der Waals surface area contributed by atoms with Crippen LogP contribution in [0.5, 0.6) is 0 Å². The molecule has 0 aliphatic heterocycles. The van der Waals surface area contributed by atoms with Gasteiger partial charge in [0, 0.05) is 18.0 Å². The zero-order chi connectivity index (χ0) is 22.9. The van der Waals surface area contributed by atoms with Crippen LogP contribution >= 0.6 is 0 Å². The monoisotopic (exact) mass is 439 g/mol. The predicted octanol–water partition coefficient (Wildman–Crippen LogP) is 3.69. The van der Waals surface area contributed by atoms with E-state index in [1.54, 1.807) is 12.4 Å². The second-order valence-electron chi connectivity index (χ2n) is 8.51. The van der Waals surface area contributed by atoms with Crippen molar-refractivity contribution in [2.24, 2.45) is 0 Å². The van der Waals surface area contributed by atoms with Gasteiger partial charge in [0.05, 0.1) is 24.5 Å². The Morgan fingerprint density at radius 3 is 2.82 bits per heavy atom. The molecule has 3 aromatic heterocycles. The highest BCUT2D eigenvalue weighted by atomic mass is 16.2. The summed E-state index contributed by atoms with van der Waals surface area (Å²) in [5.41, 5.74) is 7.00. The highest BCUT2D eigenvalue weighted by Crippen LogP contribution is 2.32. The molecule has 166 valence electrons. The van der Waals surface area contributed by atoms with Crippen LogP contribution in [0.2, 0.25) is 0 Å². The molecule has 0 radical (unpaired) electrons. The van der Waals surface area contributed by atoms with Crippen LogP contribution in [0.4, 0.5) is 0 Å². The largest absolute Gasteiger partial charge is 0.346 e. The van der Waals surface area contributed by atoms with Gasteiger partial charge in [0.2, 0.25) is 0 Å². The van der Waals surface area contributed by atoms with Crippen LogP contribution in [-0.4, -0.2) is 26.2 Å². The van der Waals surface area contributed by atoms with Gasteiger partial charge in [-0.3, -0.25) is 19.0 Å². The maximum atomic E-state index is 13.0. The van der Waals surface area contributed by atoms with E-state index in [1.165, 1.54) is 0 Å². The van der Waals surface area contributed by atoms with Gasteiger partial charge in [-0.15, -0.1) is 0 Å². The molecule has 1 atom stereocenters. The Hall–Kier alpha value is -4.00. The van der Waals surface area contributed by atoms with Gasteiger partial charge in [0.1, 0.15) is 11.3 Å². The van der Waals surface area contributed by atoms with Crippen LogP contribution < -0.4 is 10.6 Å². The SMILES string of the molecule is Cc1ccc2ncc(C(=O)N[C@@H]3CCc4cc(C(=O)NCc5ncccc5C)ccc43)n2c1. The number of fused-ring (bicyclic) bond motifs is 2. The van der Waals surface area contributed by atoms with E-state index in [4.69, 9.17) is 0 Å². The number of carbonyl (C=O) groups excluding carboxylic acids is 2. The summed E-state index contributed by atoms with van der Waals surface area (Å²) in [7, 11) is 0. The maximum absolute atomic E-state index is 13.0. The van der Waals surface area contributed by atoms with Gasteiger partial charge in [0.15, 0.2) is 0 Å². The van der Waals surface area contributed by atoms with Gasteiger partial charge < -0.3 is 10.6 Å². The van der Waals surface area contributed by atoms with Crippen molar-refractivity contribution in [1.82, 2.24) is 25.0 Å². The van der Waals surface area contributed by atoms with Crippen LogP contribution in [0.25, 0.3) is 5.65 Å². The Balaban J connectivity index is 1.28. The van der Waals surface area contributed by atoms with Gasteiger partial charge >= 0.3 is 0 Å². The molecule has 5 rings (SSSR count). The van der Waals surface area contributed by atoms with E-state index in [0.29, 0.717) is 17.8 Å². The van der Waals surface area contributed by atoms with Crippen molar-refractivity contribution in [2.45, 2.75) is 39.3 Å². The fourth-order valence-corrected chi connectivity index (χ4v) is 4.37. The summed E-state index contributed by atoms with van der Waals surface area (Å²) in [4.78, 5) is 34.3. The molecule has 0 fully saturated rings. The maximum Gasteiger partial charge on any atom is 0.270 e. The van der Waals surface area contributed by atoms with Crippen molar-refractivity contribution in [2.75, 3.05) is 0 Å². The van der Waals surface area contributed by atoms with Crippen molar-refractivity contribution in [3.05, 3.63) is 100 Å². The van der Waals surface area contributed by atoms with Gasteiger partial charge in [-0.2, -0.15) is 0 Å². The molecule has 0 saturated heterocycles. The lowest BCUT2D eigenvalue weighted by atomic mass is 10.0. The van der Waals surface area contributed by atoms with E-state index < -0.39 is 0 Å². The average Bonchev–Trinajstić information content (AvgIpc) is 3.41. The summed E-state index contributed by atoms with van der Waals surface area (Å²) in [6.45, 7) is 4.35. The summed E-state index contributed by atoms with van der Waals surface area (Å²) in [5, 5.41) is 6.09. The molecule has 7 nitrogen and oxygen atoms in total. The number of amides is 2. The molecule has 7 heteroatoms. The van der Waals surface area contributed by atoms with Gasteiger partial charge in [-0.05, 0) is 73.2 Å². The van der Waals surface area contributed by atoms with Crippen molar-refractivity contribution in [1.29, 1.82) is 0 Å². The smallest absolute Gasteiger partial charge is 0.270 e. The Kier molecular flexibility index (Phi) is 5.38. The van der Waals surface area contributed by atoms with E-state index in [1.807, 2.05) is 66.9 Å². The topological polar surface area (TPSA) is 88.4 Å². The van der Waals surface area contributed by atoms with Crippen LogP contribution in [0, 0.1) is 13.8 Å². The minimum absolute atomic E-state index is 0.0869. The lowest BCUT2D eigenvalue weighted by molar-refractivity contribution is 0.0927. The molecule has 1 aliphatic carbocycles. The second kappa shape index (κ2) is 8.50. The van der Waals surface area contributed by atoms with Crippen LogP contribution in [0.3, 0.4) is 0 Å². The third-order valence-electron chi connectivity index (χ3n) is 6.21. The second-order valence-corrected chi connectivity index (χ2v) is 8.51. The van der Waals surface area contributed by atoms with Gasteiger partial charge in [-0.1, -0.05) is 18.2 Å². The van der Waals surface area contributed by atoms with Crippen LogP contribution in [-0.2, 0) is 13.0 Å². The summed E-state index contributed by atoms with van der Waals surface area (Å²) in [5.74, 6) is -0.282.